The summed E-state index contributed by atoms with van der Waals surface area (Å²) in [6.07, 6.45) is 0. The lowest BCUT2D eigenvalue weighted by Crippen LogP contribution is -2.26. The minimum absolute atomic E-state index is 0.181. The lowest BCUT2D eigenvalue weighted by atomic mass is 10.1. The van der Waals surface area contributed by atoms with Gasteiger partial charge in [0.2, 0.25) is 0 Å². The summed E-state index contributed by atoms with van der Waals surface area (Å²) in [4.78, 5) is 24.4. The van der Waals surface area contributed by atoms with Gasteiger partial charge in [0.1, 0.15) is 5.75 Å². The van der Waals surface area contributed by atoms with Crippen molar-refractivity contribution in [3.05, 3.63) is 59.7 Å². The Labute approximate surface area is 159 Å². The number of carbonyl (C=O) groups excluding carboxylic acids is 2. The third-order valence-corrected chi connectivity index (χ3v) is 3.68. The molecular weight excluding hydrogens is 344 g/mol. The van der Waals surface area contributed by atoms with Gasteiger partial charge in [0, 0.05) is 30.5 Å². The Hall–Kier alpha value is -2.86. The van der Waals surface area contributed by atoms with E-state index in [0.29, 0.717) is 48.2 Å². The summed E-state index contributed by atoms with van der Waals surface area (Å²) in [5.74, 6) is 0.661. The predicted octanol–water partition coefficient (Wildman–Crippen LogP) is 3.35. The van der Waals surface area contributed by atoms with E-state index >= 15 is 0 Å². The van der Waals surface area contributed by atoms with Crippen molar-refractivity contribution in [3.63, 3.8) is 0 Å². The summed E-state index contributed by atoms with van der Waals surface area (Å²) in [6, 6.07) is 13.8. The molecule has 2 rings (SSSR count). The second kappa shape index (κ2) is 10.3. The van der Waals surface area contributed by atoms with E-state index in [1.54, 1.807) is 49.6 Å². The molecule has 6 heteroatoms. The smallest absolute Gasteiger partial charge is 0.255 e. The van der Waals surface area contributed by atoms with Crippen LogP contribution in [0.5, 0.6) is 5.75 Å². The second-order valence-electron chi connectivity index (χ2n) is 6.51. The zero-order valence-electron chi connectivity index (χ0n) is 16.0. The molecule has 0 aromatic heterocycles. The van der Waals surface area contributed by atoms with Crippen LogP contribution in [0, 0.1) is 5.92 Å². The molecule has 2 amide bonds. The van der Waals surface area contributed by atoms with Crippen LogP contribution in [0.15, 0.2) is 48.5 Å². The Bertz CT molecular complexity index is 757. The van der Waals surface area contributed by atoms with E-state index in [-0.39, 0.29) is 11.8 Å². The van der Waals surface area contributed by atoms with Crippen LogP contribution >= 0.6 is 0 Å². The topological polar surface area (TPSA) is 76.7 Å². The van der Waals surface area contributed by atoms with Crippen molar-refractivity contribution >= 4 is 17.5 Å². The average Bonchev–Trinajstić information content (AvgIpc) is 2.67. The number of hydrogen-bond acceptors (Lipinski definition) is 4. The maximum Gasteiger partial charge on any atom is 0.255 e. The number of methoxy groups -OCH3 is 1. The standard InChI is InChI=1S/C21H26N2O4/c1-15(2)14-27-19-6-4-5-17(13-19)21(25)23-18-9-7-16(8-10-18)20(24)22-11-12-26-3/h4-10,13,15H,11-12,14H2,1-3H3,(H,22,24)(H,23,25). The molecule has 6 nitrogen and oxygen atoms in total. The lowest BCUT2D eigenvalue weighted by molar-refractivity contribution is 0.0936. The average molecular weight is 370 g/mol. The zero-order chi connectivity index (χ0) is 19.6. The highest BCUT2D eigenvalue weighted by atomic mass is 16.5. The first kappa shape index (κ1) is 20.5. The van der Waals surface area contributed by atoms with Gasteiger partial charge in [-0.15, -0.1) is 0 Å². The summed E-state index contributed by atoms with van der Waals surface area (Å²) in [6.45, 7) is 5.64. The van der Waals surface area contributed by atoms with Crippen molar-refractivity contribution in [1.29, 1.82) is 0 Å². The molecule has 0 aliphatic carbocycles. The maximum atomic E-state index is 12.4. The molecule has 0 saturated carbocycles. The van der Waals surface area contributed by atoms with Crippen molar-refractivity contribution in [2.75, 3.05) is 32.2 Å². The van der Waals surface area contributed by atoms with Crippen LogP contribution in [0.2, 0.25) is 0 Å². The molecule has 0 atom stereocenters. The number of benzene rings is 2. The Morgan fingerprint density at radius 1 is 1.00 bits per heavy atom. The highest BCUT2D eigenvalue weighted by molar-refractivity contribution is 6.04. The molecule has 0 spiro atoms. The van der Waals surface area contributed by atoms with Crippen molar-refractivity contribution < 1.29 is 19.1 Å². The molecule has 0 aliphatic heterocycles. The first-order chi connectivity index (χ1) is 13.0. The minimum Gasteiger partial charge on any atom is -0.493 e. The summed E-state index contributed by atoms with van der Waals surface area (Å²) < 4.78 is 10.6. The van der Waals surface area contributed by atoms with E-state index < -0.39 is 0 Å². The molecule has 144 valence electrons. The fourth-order valence-electron chi connectivity index (χ4n) is 2.27. The monoisotopic (exact) mass is 370 g/mol. The Morgan fingerprint density at radius 2 is 1.74 bits per heavy atom. The summed E-state index contributed by atoms with van der Waals surface area (Å²) >= 11 is 0. The van der Waals surface area contributed by atoms with E-state index in [0.717, 1.165) is 0 Å². The third kappa shape index (κ3) is 6.75. The normalized spacial score (nSPS) is 10.5. The lowest BCUT2D eigenvalue weighted by Gasteiger charge is -2.10. The summed E-state index contributed by atoms with van der Waals surface area (Å²) in [5.41, 5.74) is 1.65. The van der Waals surface area contributed by atoms with Gasteiger partial charge in [-0.1, -0.05) is 19.9 Å². The van der Waals surface area contributed by atoms with Crippen LogP contribution in [0.4, 0.5) is 5.69 Å². The summed E-state index contributed by atoms with van der Waals surface area (Å²) in [5, 5.41) is 5.57. The molecule has 2 N–H and O–H groups in total. The Morgan fingerprint density at radius 3 is 2.41 bits per heavy atom. The molecule has 2 aromatic rings. The fraction of sp³-hybridized carbons (Fsp3) is 0.333. The van der Waals surface area contributed by atoms with E-state index in [2.05, 4.69) is 24.5 Å². The highest BCUT2D eigenvalue weighted by Crippen LogP contribution is 2.16. The quantitative estimate of drug-likeness (QED) is 0.664. The molecule has 0 radical (unpaired) electrons. The number of ether oxygens (including phenoxy) is 2. The molecule has 0 unspecified atom stereocenters. The molecule has 2 aromatic carbocycles. The van der Waals surface area contributed by atoms with Crippen molar-refractivity contribution in [2.45, 2.75) is 13.8 Å². The molecule has 27 heavy (non-hydrogen) atoms. The van der Waals surface area contributed by atoms with Crippen molar-refractivity contribution in [1.82, 2.24) is 5.32 Å². The Kier molecular flexibility index (Phi) is 7.82. The SMILES string of the molecule is COCCNC(=O)c1ccc(NC(=O)c2cccc(OCC(C)C)c2)cc1. The largest absolute Gasteiger partial charge is 0.493 e. The van der Waals surface area contributed by atoms with E-state index in [1.807, 2.05) is 6.07 Å². The van der Waals surface area contributed by atoms with Crippen molar-refractivity contribution in [2.24, 2.45) is 5.92 Å². The summed E-state index contributed by atoms with van der Waals surface area (Å²) in [7, 11) is 1.58. The van der Waals surface area contributed by atoms with Gasteiger partial charge < -0.3 is 20.1 Å². The first-order valence-electron chi connectivity index (χ1n) is 8.91. The van der Waals surface area contributed by atoms with Crippen LogP contribution in [0.1, 0.15) is 34.6 Å². The van der Waals surface area contributed by atoms with Gasteiger partial charge >= 0.3 is 0 Å². The van der Waals surface area contributed by atoms with Crippen LogP contribution < -0.4 is 15.4 Å². The van der Waals surface area contributed by atoms with Gasteiger partial charge in [-0.3, -0.25) is 9.59 Å². The van der Waals surface area contributed by atoms with Crippen LogP contribution in [-0.4, -0.2) is 38.7 Å². The number of nitrogens with one attached hydrogen (secondary N) is 2. The zero-order valence-corrected chi connectivity index (χ0v) is 16.0. The van der Waals surface area contributed by atoms with Gasteiger partial charge in [0.15, 0.2) is 0 Å². The second-order valence-corrected chi connectivity index (χ2v) is 6.51. The van der Waals surface area contributed by atoms with Crippen LogP contribution in [0.3, 0.4) is 0 Å². The van der Waals surface area contributed by atoms with Crippen LogP contribution in [0.25, 0.3) is 0 Å². The Balaban J connectivity index is 1.95. The number of rotatable bonds is 9. The number of anilines is 1. The number of amides is 2. The van der Waals surface area contributed by atoms with Gasteiger partial charge in [-0.2, -0.15) is 0 Å². The molecule has 0 saturated heterocycles. The first-order valence-corrected chi connectivity index (χ1v) is 8.91. The van der Waals surface area contributed by atoms with Crippen molar-refractivity contribution in [3.8, 4) is 5.75 Å². The van der Waals surface area contributed by atoms with E-state index in [1.165, 1.54) is 0 Å². The molecule has 0 heterocycles. The highest BCUT2D eigenvalue weighted by Gasteiger charge is 2.09. The molecule has 0 fully saturated rings. The molecule has 0 bridgehead atoms. The van der Waals surface area contributed by atoms with Gasteiger partial charge in [0.25, 0.3) is 11.8 Å². The van der Waals surface area contributed by atoms with E-state index in [4.69, 9.17) is 9.47 Å². The van der Waals surface area contributed by atoms with Gasteiger partial charge in [0.05, 0.1) is 13.2 Å². The third-order valence-electron chi connectivity index (χ3n) is 3.68. The number of carbonyl (C=O) groups is 2. The van der Waals surface area contributed by atoms with Gasteiger partial charge in [-0.25, -0.2) is 0 Å². The fourth-order valence-corrected chi connectivity index (χ4v) is 2.27. The molecular formula is C21H26N2O4. The maximum absolute atomic E-state index is 12.4. The van der Waals surface area contributed by atoms with Crippen LogP contribution in [-0.2, 0) is 4.74 Å². The number of hydrogen-bond donors (Lipinski definition) is 2. The molecule has 0 aliphatic rings. The minimum atomic E-state index is -0.234. The predicted molar refractivity (Wildman–Crippen MR) is 105 cm³/mol. The van der Waals surface area contributed by atoms with Gasteiger partial charge in [-0.05, 0) is 48.4 Å². The van der Waals surface area contributed by atoms with E-state index in [9.17, 15) is 9.59 Å².